The quantitative estimate of drug-likeness (QED) is 0.175. The number of furan rings is 1. The van der Waals surface area contributed by atoms with Gasteiger partial charge >= 0.3 is 0 Å². The van der Waals surface area contributed by atoms with Gasteiger partial charge in [0, 0.05) is 39.2 Å². The SMILES string of the molecule is Cc1cc2nc(-c3cccc4c3oc3nc(C(C)C5CCCC5)ccc34)n(-c3c(-c4ccccc4)cc(C(C)(C)C)cc3-c3ccccc3)c2cn1. The van der Waals surface area contributed by atoms with Crippen molar-refractivity contribution < 1.29 is 4.42 Å². The zero-order valence-electron chi connectivity index (χ0n) is 30.6. The number of hydrogen-bond acceptors (Lipinski definition) is 4. The van der Waals surface area contributed by atoms with Crippen molar-refractivity contribution >= 4 is 33.1 Å². The largest absolute Gasteiger partial charge is 0.437 e. The Kier molecular flexibility index (Phi) is 7.84. The maximum absolute atomic E-state index is 6.82. The van der Waals surface area contributed by atoms with Gasteiger partial charge in [-0.25, -0.2) is 9.97 Å². The predicted molar refractivity (Wildman–Crippen MR) is 214 cm³/mol. The van der Waals surface area contributed by atoms with E-state index in [4.69, 9.17) is 19.4 Å². The highest BCUT2D eigenvalue weighted by molar-refractivity contribution is 6.09. The van der Waals surface area contributed by atoms with Crippen molar-refractivity contribution in [2.45, 2.75) is 71.6 Å². The van der Waals surface area contributed by atoms with Gasteiger partial charge in [0.05, 0.1) is 28.5 Å². The molecule has 1 aliphatic carbocycles. The van der Waals surface area contributed by atoms with E-state index in [0.29, 0.717) is 17.5 Å². The van der Waals surface area contributed by atoms with Crippen molar-refractivity contribution in [1.29, 1.82) is 0 Å². The molecule has 4 aromatic carbocycles. The third-order valence-electron chi connectivity index (χ3n) is 11.2. The van der Waals surface area contributed by atoms with E-state index in [-0.39, 0.29) is 5.41 Å². The van der Waals surface area contributed by atoms with Crippen LogP contribution in [0.5, 0.6) is 0 Å². The van der Waals surface area contributed by atoms with Gasteiger partial charge in [-0.2, -0.15) is 0 Å². The first-order valence-corrected chi connectivity index (χ1v) is 18.7. The summed E-state index contributed by atoms with van der Waals surface area (Å²) in [6.45, 7) is 11.2. The number of rotatable bonds is 6. The fraction of sp³-hybridized carbons (Fsp3) is 0.255. The Morgan fingerprint density at radius 1 is 0.731 bits per heavy atom. The first-order valence-electron chi connectivity index (χ1n) is 18.7. The molecular formula is C47H44N4O. The highest BCUT2D eigenvalue weighted by Crippen LogP contribution is 2.45. The van der Waals surface area contributed by atoms with Gasteiger partial charge in [0.15, 0.2) is 0 Å². The summed E-state index contributed by atoms with van der Waals surface area (Å²) in [7, 11) is 0. The van der Waals surface area contributed by atoms with Crippen LogP contribution in [0.1, 0.15) is 76.2 Å². The molecule has 0 N–H and O–H groups in total. The lowest BCUT2D eigenvalue weighted by Crippen LogP contribution is -2.13. The van der Waals surface area contributed by atoms with Crippen LogP contribution in [0.15, 0.2) is 120 Å². The zero-order chi connectivity index (χ0) is 35.6. The third kappa shape index (κ3) is 5.51. The van der Waals surface area contributed by atoms with E-state index >= 15 is 0 Å². The van der Waals surface area contributed by atoms with Crippen molar-refractivity contribution in [1.82, 2.24) is 19.5 Å². The number of benzene rings is 4. The fourth-order valence-electron chi connectivity index (χ4n) is 8.29. The van der Waals surface area contributed by atoms with Crippen LogP contribution < -0.4 is 0 Å². The number of pyridine rings is 2. The summed E-state index contributed by atoms with van der Waals surface area (Å²) in [4.78, 5) is 15.4. The number of aromatic nitrogens is 4. The van der Waals surface area contributed by atoms with Crippen LogP contribution in [0.4, 0.5) is 0 Å². The van der Waals surface area contributed by atoms with Gasteiger partial charge in [-0.1, -0.05) is 113 Å². The molecule has 0 spiro atoms. The molecule has 8 aromatic rings. The molecule has 9 rings (SSSR count). The molecule has 1 atom stereocenters. The van der Waals surface area contributed by atoms with Crippen LogP contribution in [-0.2, 0) is 5.41 Å². The molecule has 4 aromatic heterocycles. The summed E-state index contributed by atoms with van der Waals surface area (Å²) in [6, 6.07) is 39.1. The first-order chi connectivity index (χ1) is 25.2. The van der Waals surface area contributed by atoms with Crippen molar-refractivity contribution in [2.75, 3.05) is 0 Å². The Labute approximate surface area is 305 Å². The van der Waals surface area contributed by atoms with Crippen molar-refractivity contribution in [3.8, 4) is 39.3 Å². The van der Waals surface area contributed by atoms with E-state index in [0.717, 1.165) is 78.1 Å². The monoisotopic (exact) mass is 680 g/mol. The summed E-state index contributed by atoms with van der Waals surface area (Å²) >= 11 is 0. The number of aryl methyl sites for hydroxylation is 1. The average molecular weight is 681 g/mol. The molecule has 0 saturated heterocycles. The van der Waals surface area contributed by atoms with E-state index < -0.39 is 0 Å². The van der Waals surface area contributed by atoms with E-state index in [1.165, 1.54) is 31.2 Å². The molecule has 0 bridgehead atoms. The Balaban J connectivity index is 1.36. The summed E-state index contributed by atoms with van der Waals surface area (Å²) in [5, 5.41) is 2.08. The van der Waals surface area contributed by atoms with E-state index in [1.54, 1.807) is 0 Å². The maximum Gasteiger partial charge on any atom is 0.227 e. The second kappa shape index (κ2) is 12.6. The maximum atomic E-state index is 6.82. The Bertz CT molecular complexity index is 2520. The molecule has 0 aliphatic heterocycles. The fourth-order valence-corrected chi connectivity index (χ4v) is 8.29. The standard InChI is InChI=1S/C47H44N4O/c1-29-25-41-42(28-48-29)51(43-38(32-17-8-6-9-18-32)26-34(47(3,4)5)27-39(43)33-19-10-7-11-20-33)45(49-41)37-22-14-21-35-36-23-24-40(50-46(36)52-44(35)37)30(2)31-15-12-13-16-31/h6-11,14,17-28,30-31H,12-13,15-16H2,1-5H3. The molecule has 5 heteroatoms. The molecule has 258 valence electrons. The summed E-state index contributed by atoms with van der Waals surface area (Å²) in [5.74, 6) is 1.90. The minimum absolute atomic E-state index is 0.0783. The molecule has 1 unspecified atom stereocenters. The predicted octanol–water partition coefficient (Wildman–Crippen LogP) is 12.6. The summed E-state index contributed by atoms with van der Waals surface area (Å²) in [5.41, 5.74) is 13.1. The smallest absolute Gasteiger partial charge is 0.227 e. The molecule has 1 fully saturated rings. The van der Waals surface area contributed by atoms with Crippen LogP contribution in [0.2, 0.25) is 0 Å². The van der Waals surface area contributed by atoms with Crippen LogP contribution in [0.25, 0.3) is 72.4 Å². The normalized spacial score (nSPS) is 14.6. The van der Waals surface area contributed by atoms with Gasteiger partial charge in [-0.3, -0.25) is 9.55 Å². The minimum Gasteiger partial charge on any atom is -0.437 e. The molecule has 4 heterocycles. The Morgan fingerprint density at radius 2 is 1.40 bits per heavy atom. The van der Waals surface area contributed by atoms with Gasteiger partial charge in [0.2, 0.25) is 5.71 Å². The second-order valence-corrected chi connectivity index (χ2v) is 15.7. The molecule has 1 saturated carbocycles. The molecule has 52 heavy (non-hydrogen) atoms. The molecule has 5 nitrogen and oxygen atoms in total. The van der Waals surface area contributed by atoms with E-state index in [1.807, 2.05) is 13.1 Å². The number of imidazole rings is 1. The van der Waals surface area contributed by atoms with Gasteiger partial charge in [0.25, 0.3) is 0 Å². The Morgan fingerprint density at radius 3 is 2.06 bits per heavy atom. The first kappa shape index (κ1) is 32.4. The van der Waals surface area contributed by atoms with Crippen molar-refractivity contribution in [2.24, 2.45) is 5.92 Å². The lowest BCUT2D eigenvalue weighted by Gasteiger charge is -2.26. The van der Waals surface area contributed by atoms with Crippen molar-refractivity contribution in [3.05, 3.63) is 132 Å². The number of para-hydroxylation sites is 1. The topological polar surface area (TPSA) is 56.7 Å². The molecule has 0 amide bonds. The molecular weight excluding hydrogens is 637 g/mol. The molecule has 0 radical (unpaired) electrons. The Hall–Kier alpha value is -5.55. The minimum atomic E-state index is -0.0783. The van der Waals surface area contributed by atoms with Crippen LogP contribution in [0, 0.1) is 12.8 Å². The lowest BCUT2D eigenvalue weighted by atomic mass is 9.82. The van der Waals surface area contributed by atoms with Gasteiger partial charge in [0.1, 0.15) is 11.4 Å². The van der Waals surface area contributed by atoms with Crippen LogP contribution in [-0.4, -0.2) is 19.5 Å². The van der Waals surface area contributed by atoms with Crippen LogP contribution in [0.3, 0.4) is 0 Å². The zero-order valence-corrected chi connectivity index (χ0v) is 30.6. The summed E-state index contributed by atoms with van der Waals surface area (Å²) < 4.78 is 9.14. The third-order valence-corrected chi connectivity index (χ3v) is 11.2. The van der Waals surface area contributed by atoms with Gasteiger partial charge in [-0.15, -0.1) is 0 Å². The second-order valence-electron chi connectivity index (χ2n) is 15.7. The molecule has 1 aliphatic rings. The number of nitrogens with zero attached hydrogens (tertiary/aromatic N) is 4. The average Bonchev–Trinajstić information content (AvgIpc) is 3.92. The van der Waals surface area contributed by atoms with Crippen LogP contribution >= 0.6 is 0 Å². The van der Waals surface area contributed by atoms with Gasteiger partial charge < -0.3 is 4.42 Å². The van der Waals surface area contributed by atoms with E-state index in [2.05, 4.69) is 141 Å². The number of fused-ring (bicyclic) bond motifs is 4. The summed E-state index contributed by atoms with van der Waals surface area (Å²) in [6.07, 6.45) is 7.17. The highest BCUT2D eigenvalue weighted by Gasteiger charge is 2.28. The van der Waals surface area contributed by atoms with E-state index in [9.17, 15) is 0 Å². The highest BCUT2D eigenvalue weighted by atomic mass is 16.3. The van der Waals surface area contributed by atoms with Crippen molar-refractivity contribution in [3.63, 3.8) is 0 Å². The lowest BCUT2D eigenvalue weighted by molar-refractivity contribution is 0.452. The van der Waals surface area contributed by atoms with Gasteiger partial charge in [-0.05, 0) is 84.2 Å². The number of hydrogen-bond donors (Lipinski definition) is 0.